The molecule has 0 bridgehead atoms. The van der Waals surface area contributed by atoms with E-state index in [9.17, 15) is 4.79 Å². The molecule has 0 aliphatic rings. The Balaban J connectivity index is 1.91. The van der Waals surface area contributed by atoms with E-state index in [1.165, 1.54) is 28.6 Å². The lowest BCUT2D eigenvalue weighted by Gasteiger charge is -2.04. The van der Waals surface area contributed by atoms with Gasteiger partial charge in [0.15, 0.2) is 0 Å². The fourth-order valence-electron chi connectivity index (χ4n) is 1.77. The van der Waals surface area contributed by atoms with E-state index in [1.807, 2.05) is 0 Å². The number of alkyl halides is 1. The van der Waals surface area contributed by atoms with Crippen LogP contribution in [0.3, 0.4) is 0 Å². The molecule has 1 rings (SSSR count). The molecule has 0 unspecified atom stereocenters. The van der Waals surface area contributed by atoms with Gasteiger partial charge in [-0.3, -0.25) is 4.79 Å². The second-order valence-electron chi connectivity index (χ2n) is 4.39. The largest absolute Gasteiger partial charge is 0.356 e. The minimum atomic E-state index is 0.209. The van der Waals surface area contributed by atoms with Gasteiger partial charge in [0, 0.05) is 17.8 Å². The molecule has 0 saturated carbocycles. The fraction of sp³-hybridized carbons (Fsp3) is 0.643. The molecule has 1 heterocycles. The predicted molar refractivity (Wildman–Crippen MR) is 87.6 cm³/mol. The zero-order valence-corrected chi connectivity index (χ0v) is 13.8. The SMILES string of the molecule is O=C(CCCc1cccs1)NCCCCCCI. The van der Waals surface area contributed by atoms with E-state index in [2.05, 4.69) is 45.4 Å². The molecule has 0 radical (unpaired) electrons. The molecule has 0 spiro atoms. The number of carbonyl (C=O) groups is 1. The number of halogens is 1. The number of nitrogens with one attached hydrogen (secondary N) is 1. The van der Waals surface area contributed by atoms with E-state index < -0.39 is 0 Å². The van der Waals surface area contributed by atoms with Crippen molar-refractivity contribution < 1.29 is 4.79 Å². The number of rotatable bonds is 10. The van der Waals surface area contributed by atoms with E-state index in [1.54, 1.807) is 11.3 Å². The maximum absolute atomic E-state index is 11.6. The smallest absolute Gasteiger partial charge is 0.220 e. The van der Waals surface area contributed by atoms with E-state index in [0.717, 1.165) is 25.8 Å². The Morgan fingerprint density at radius 3 is 2.78 bits per heavy atom. The highest BCUT2D eigenvalue weighted by Crippen LogP contribution is 2.11. The summed E-state index contributed by atoms with van der Waals surface area (Å²) >= 11 is 4.18. The maximum atomic E-state index is 11.6. The Labute approximate surface area is 128 Å². The molecule has 18 heavy (non-hydrogen) atoms. The van der Waals surface area contributed by atoms with Gasteiger partial charge in [0.05, 0.1) is 0 Å². The van der Waals surface area contributed by atoms with Crippen LogP contribution < -0.4 is 5.32 Å². The number of amides is 1. The van der Waals surface area contributed by atoms with Crippen LogP contribution in [-0.2, 0) is 11.2 Å². The van der Waals surface area contributed by atoms with Crippen molar-refractivity contribution in [3.8, 4) is 0 Å². The topological polar surface area (TPSA) is 29.1 Å². The van der Waals surface area contributed by atoms with Crippen molar-refractivity contribution in [3.63, 3.8) is 0 Å². The van der Waals surface area contributed by atoms with E-state index in [0.29, 0.717) is 6.42 Å². The number of aryl methyl sites for hydroxylation is 1. The van der Waals surface area contributed by atoms with Crippen molar-refractivity contribution in [3.05, 3.63) is 22.4 Å². The minimum Gasteiger partial charge on any atom is -0.356 e. The van der Waals surface area contributed by atoms with Crippen molar-refractivity contribution in [2.45, 2.75) is 44.9 Å². The van der Waals surface area contributed by atoms with Gasteiger partial charge in [0.2, 0.25) is 5.91 Å². The van der Waals surface area contributed by atoms with Crippen LogP contribution in [0, 0.1) is 0 Å². The molecule has 0 aromatic carbocycles. The molecular formula is C14H22INOS. The van der Waals surface area contributed by atoms with Crippen LogP contribution in [0.1, 0.15) is 43.4 Å². The van der Waals surface area contributed by atoms with Gasteiger partial charge in [-0.05, 0) is 41.6 Å². The predicted octanol–water partition coefficient (Wildman–Crippen LogP) is 4.18. The zero-order valence-electron chi connectivity index (χ0n) is 10.8. The summed E-state index contributed by atoms with van der Waals surface area (Å²) in [6.07, 6.45) is 7.59. The van der Waals surface area contributed by atoms with Crippen LogP contribution in [0.4, 0.5) is 0 Å². The first kappa shape index (κ1) is 16.0. The number of hydrogen-bond acceptors (Lipinski definition) is 2. The Kier molecular flexibility index (Phi) is 9.56. The van der Waals surface area contributed by atoms with E-state index >= 15 is 0 Å². The van der Waals surface area contributed by atoms with Gasteiger partial charge in [-0.2, -0.15) is 0 Å². The van der Waals surface area contributed by atoms with Crippen molar-refractivity contribution in [1.82, 2.24) is 5.32 Å². The summed E-state index contributed by atoms with van der Waals surface area (Å²) in [5.74, 6) is 0.209. The molecule has 102 valence electrons. The molecule has 1 aromatic heterocycles. The van der Waals surface area contributed by atoms with Gasteiger partial charge in [-0.1, -0.05) is 41.5 Å². The number of carbonyl (C=O) groups excluding carboxylic acids is 1. The summed E-state index contributed by atoms with van der Waals surface area (Å²) in [6, 6.07) is 4.20. The second-order valence-corrected chi connectivity index (χ2v) is 6.50. The standard InChI is InChI=1S/C14H22INOS/c15-10-3-1-2-4-11-16-14(17)9-5-7-13-8-6-12-18-13/h6,8,12H,1-5,7,9-11H2,(H,16,17). The molecule has 2 nitrogen and oxygen atoms in total. The zero-order chi connectivity index (χ0) is 13.1. The van der Waals surface area contributed by atoms with Crippen molar-refractivity contribution in [2.75, 3.05) is 11.0 Å². The Morgan fingerprint density at radius 1 is 1.22 bits per heavy atom. The summed E-state index contributed by atoms with van der Waals surface area (Å²) in [7, 11) is 0. The lowest BCUT2D eigenvalue weighted by molar-refractivity contribution is -0.121. The van der Waals surface area contributed by atoms with Crippen LogP contribution in [0.25, 0.3) is 0 Å². The summed E-state index contributed by atoms with van der Waals surface area (Å²) in [4.78, 5) is 12.9. The molecule has 4 heteroatoms. The summed E-state index contributed by atoms with van der Waals surface area (Å²) in [6.45, 7) is 0.846. The quantitative estimate of drug-likeness (QED) is 0.369. The molecular weight excluding hydrogens is 357 g/mol. The summed E-state index contributed by atoms with van der Waals surface area (Å²) in [5, 5.41) is 5.09. The minimum absolute atomic E-state index is 0.209. The molecule has 0 aliphatic heterocycles. The van der Waals surface area contributed by atoms with Crippen molar-refractivity contribution in [1.29, 1.82) is 0 Å². The highest BCUT2D eigenvalue weighted by atomic mass is 127. The molecule has 1 aromatic rings. The molecule has 0 atom stereocenters. The molecule has 0 aliphatic carbocycles. The summed E-state index contributed by atoms with van der Waals surface area (Å²) < 4.78 is 1.24. The van der Waals surface area contributed by atoms with Crippen LogP contribution in [-0.4, -0.2) is 16.9 Å². The van der Waals surface area contributed by atoms with Crippen LogP contribution >= 0.6 is 33.9 Å². The number of thiophene rings is 1. The van der Waals surface area contributed by atoms with Gasteiger partial charge in [-0.25, -0.2) is 0 Å². The normalized spacial score (nSPS) is 10.5. The first-order valence-electron chi connectivity index (χ1n) is 6.68. The van der Waals surface area contributed by atoms with Gasteiger partial charge < -0.3 is 5.32 Å². The lowest BCUT2D eigenvalue weighted by atomic mass is 10.2. The number of unbranched alkanes of at least 4 members (excludes halogenated alkanes) is 3. The summed E-state index contributed by atoms with van der Waals surface area (Å²) in [5.41, 5.74) is 0. The second kappa shape index (κ2) is 10.8. The molecule has 0 saturated heterocycles. The Bertz CT molecular complexity index is 314. The number of hydrogen-bond donors (Lipinski definition) is 1. The monoisotopic (exact) mass is 379 g/mol. The maximum Gasteiger partial charge on any atom is 0.220 e. The first-order valence-corrected chi connectivity index (χ1v) is 9.08. The van der Waals surface area contributed by atoms with E-state index in [4.69, 9.17) is 0 Å². The van der Waals surface area contributed by atoms with Crippen LogP contribution in [0.15, 0.2) is 17.5 Å². The van der Waals surface area contributed by atoms with E-state index in [-0.39, 0.29) is 5.91 Å². The average Bonchev–Trinajstić information content (AvgIpc) is 2.87. The molecule has 1 amide bonds. The average molecular weight is 379 g/mol. The van der Waals surface area contributed by atoms with Gasteiger partial charge >= 0.3 is 0 Å². The first-order chi connectivity index (χ1) is 8.83. The Hall–Kier alpha value is -0.100. The van der Waals surface area contributed by atoms with Crippen LogP contribution in [0.2, 0.25) is 0 Å². The van der Waals surface area contributed by atoms with Crippen molar-refractivity contribution >= 4 is 39.8 Å². The highest BCUT2D eigenvalue weighted by molar-refractivity contribution is 14.1. The third-order valence-electron chi connectivity index (χ3n) is 2.79. The lowest BCUT2D eigenvalue weighted by Crippen LogP contribution is -2.24. The molecule has 0 fully saturated rings. The fourth-order valence-corrected chi connectivity index (χ4v) is 3.06. The van der Waals surface area contributed by atoms with Gasteiger partial charge in [0.25, 0.3) is 0 Å². The van der Waals surface area contributed by atoms with Crippen molar-refractivity contribution in [2.24, 2.45) is 0 Å². The molecule has 1 N–H and O–H groups in total. The Morgan fingerprint density at radius 2 is 2.06 bits per heavy atom. The third-order valence-corrected chi connectivity index (χ3v) is 4.49. The third kappa shape index (κ3) is 8.08. The van der Waals surface area contributed by atoms with Gasteiger partial charge in [-0.15, -0.1) is 11.3 Å². The highest BCUT2D eigenvalue weighted by Gasteiger charge is 2.01. The van der Waals surface area contributed by atoms with Gasteiger partial charge in [0.1, 0.15) is 0 Å². The van der Waals surface area contributed by atoms with Crippen LogP contribution in [0.5, 0.6) is 0 Å².